The molecule has 1 atom stereocenters. The van der Waals surface area contributed by atoms with Gasteiger partial charge in [0.1, 0.15) is 5.01 Å². The van der Waals surface area contributed by atoms with Crippen LogP contribution in [0.15, 0.2) is 0 Å². The zero-order chi connectivity index (χ0) is 14.5. The van der Waals surface area contributed by atoms with Crippen LogP contribution in [0.3, 0.4) is 0 Å². The molecule has 3 rings (SSSR count). The van der Waals surface area contributed by atoms with E-state index in [4.69, 9.17) is 4.98 Å². The Morgan fingerprint density at radius 1 is 1.14 bits per heavy atom. The van der Waals surface area contributed by atoms with Crippen LogP contribution in [-0.2, 0) is 12.8 Å². The van der Waals surface area contributed by atoms with Gasteiger partial charge in [-0.1, -0.05) is 26.2 Å². The second kappa shape index (κ2) is 7.70. The van der Waals surface area contributed by atoms with Crippen LogP contribution < -0.4 is 5.32 Å². The third kappa shape index (κ3) is 3.85. The van der Waals surface area contributed by atoms with E-state index in [2.05, 4.69) is 17.1 Å². The molecule has 4 heteroatoms. The normalized spacial score (nSPS) is 22.3. The molecule has 0 bridgehead atoms. The summed E-state index contributed by atoms with van der Waals surface area (Å²) in [5.74, 6) is 0. The fourth-order valence-electron chi connectivity index (χ4n) is 3.60. The Morgan fingerprint density at radius 3 is 2.67 bits per heavy atom. The second-order valence-corrected chi connectivity index (χ2v) is 7.54. The lowest BCUT2D eigenvalue weighted by Crippen LogP contribution is -2.45. The van der Waals surface area contributed by atoms with Gasteiger partial charge in [0.2, 0.25) is 0 Å². The summed E-state index contributed by atoms with van der Waals surface area (Å²) in [6, 6.07) is 0.565. The Bertz CT molecular complexity index is 412. The van der Waals surface area contributed by atoms with Crippen molar-refractivity contribution in [3.8, 4) is 0 Å². The number of hydrogen-bond acceptors (Lipinski definition) is 4. The highest BCUT2D eigenvalue weighted by Crippen LogP contribution is 2.33. The van der Waals surface area contributed by atoms with Gasteiger partial charge in [0, 0.05) is 31.1 Å². The number of nitrogens with one attached hydrogen (secondary N) is 1. The Balaban J connectivity index is 1.79. The van der Waals surface area contributed by atoms with Crippen molar-refractivity contribution in [2.24, 2.45) is 0 Å². The molecule has 1 unspecified atom stereocenters. The molecular weight excluding hydrogens is 278 g/mol. The summed E-state index contributed by atoms with van der Waals surface area (Å²) >= 11 is 2.03. The zero-order valence-corrected chi connectivity index (χ0v) is 14.2. The number of aryl methyl sites for hydroxylation is 2. The van der Waals surface area contributed by atoms with Gasteiger partial charge in [-0.15, -0.1) is 11.3 Å². The van der Waals surface area contributed by atoms with Crippen molar-refractivity contribution in [2.45, 2.75) is 64.3 Å². The molecule has 21 heavy (non-hydrogen) atoms. The van der Waals surface area contributed by atoms with Crippen molar-refractivity contribution in [3.63, 3.8) is 0 Å². The van der Waals surface area contributed by atoms with Crippen LogP contribution in [0.2, 0.25) is 0 Å². The van der Waals surface area contributed by atoms with Gasteiger partial charge in [-0.05, 0) is 32.1 Å². The number of aromatic nitrogens is 1. The minimum atomic E-state index is 0.565. The third-order valence-electron chi connectivity index (χ3n) is 4.80. The van der Waals surface area contributed by atoms with E-state index in [0.29, 0.717) is 6.04 Å². The standard InChI is InChI=1S/C17H29N3S/c1-2-7-15(20-12-10-18-11-13-20)17-19-14-8-5-3-4-6-9-16(14)21-17/h15,18H,2-13H2,1H3. The van der Waals surface area contributed by atoms with Crippen molar-refractivity contribution in [1.82, 2.24) is 15.2 Å². The number of nitrogens with zero attached hydrogens (tertiary/aromatic N) is 2. The van der Waals surface area contributed by atoms with Crippen LogP contribution in [0.1, 0.15) is 67.1 Å². The zero-order valence-electron chi connectivity index (χ0n) is 13.4. The number of fused-ring (bicyclic) bond motifs is 1. The molecule has 1 saturated heterocycles. The van der Waals surface area contributed by atoms with E-state index in [-0.39, 0.29) is 0 Å². The maximum atomic E-state index is 5.10. The second-order valence-electron chi connectivity index (χ2n) is 6.43. The van der Waals surface area contributed by atoms with Gasteiger partial charge in [-0.3, -0.25) is 4.90 Å². The molecule has 118 valence electrons. The summed E-state index contributed by atoms with van der Waals surface area (Å²) in [5.41, 5.74) is 1.44. The molecule has 1 aromatic heterocycles. The topological polar surface area (TPSA) is 28.2 Å². The fraction of sp³-hybridized carbons (Fsp3) is 0.824. The van der Waals surface area contributed by atoms with Crippen molar-refractivity contribution in [3.05, 3.63) is 15.6 Å². The van der Waals surface area contributed by atoms with Crippen LogP contribution in [-0.4, -0.2) is 36.1 Å². The molecule has 0 spiro atoms. The molecular formula is C17H29N3S. The molecule has 1 aliphatic heterocycles. The van der Waals surface area contributed by atoms with Gasteiger partial charge < -0.3 is 5.32 Å². The lowest BCUT2D eigenvalue weighted by atomic mass is 10.0. The first kappa shape index (κ1) is 15.4. The molecule has 0 aromatic carbocycles. The average Bonchev–Trinajstić information content (AvgIpc) is 2.88. The summed E-state index contributed by atoms with van der Waals surface area (Å²) in [7, 11) is 0. The molecule has 2 heterocycles. The van der Waals surface area contributed by atoms with E-state index in [1.807, 2.05) is 11.3 Å². The van der Waals surface area contributed by atoms with Crippen LogP contribution in [0.5, 0.6) is 0 Å². The highest BCUT2D eigenvalue weighted by Gasteiger charge is 2.25. The van der Waals surface area contributed by atoms with Gasteiger partial charge in [-0.2, -0.15) is 0 Å². The monoisotopic (exact) mass is 307 g/mol. The first-order chi connectivity index (χ1) is 10.4. The Kier molecular flexibility index (Phi) is 5.67. The summed E-state index contributed by atoms with van der Waals surface area (Å²) in [4.78, 5) is 9.36. The van der Waals surface area contributed by atoms with Crippen LogP contribution in [0.4, 0.5) is 0 Å². The van der Waals surface area contributed by atoms with E-state index in [1.165, 1.54) is 75.2 Å². The smallest absolute Gasteiger partial charge is 0.110 e. The first-order valence-electron chi connectivity index (χ1n) is 8.81. The number of piperazine rings is 1. The molecule has 3 nitrogen and oxygen atoms in total. The van der Waals surface area contributed by atoms with Crippen molar-refractivity contribution in [1.29, 1.82) is 0 Å². The predicted molar refractivity (Wildman–Crippen MR) is 90.1 cm³/mol. The maximum absolute atomic E-state index is 5.10. The SMILES string of the molecule is CCCC(c1nc2c(s1)CCCCCC2)N1CCNCC1. The maximum Gasteiger partial charge on any atom is 0.110 e. The quantitative estimate of drug-likeness (QED) is 0.922. The van der Waals surface area contributed by atoms with Gasteiger partial charge >= 0.3 is 0 Å². The molecule has 1 N–H and O–H groups in total. The largest absolute Gasteiger partial charge is 0.314 e. The molecule has 2 aliphatic rings. The minimum absolute atomic E-state index is 0.565. The van der Waals surface area contributed by atoms with Gasteiger partial charge in [0.25, 0.3) is 0 Å². The molecule has 1 aromatic rings. The van der Waals surface area contributed by atoms with Gasteiger partial charge in [-0.25, -0.2) is 4.98 Å². The Morgan fingerprint density at radius 2 is 1.90 bits per heavy atom. The lowest BCUT2D eigenvalue weighted by molar-refractivity contribution is 0.164. The van der Waals surface area contributed by atoms with E-state index >= 15 is 0 Å². The molecule has 0 saturated carbocycles. The fourth-order valence-corrected chi connectivity index (χ4v) is 4.92. The minimum Gasteiger partial charge on any atom is -0.314 e. The van der Waals surface area contributed by atoms with E-state index in [9.17, 15) is 0 Å². The third-order valence-corrected chi connectivity index (χ3v) is 6.06. The molecule has 0 amide bonds. The van der Waals surface area contributed by atoms with Gasteiger partial charge in [0.05, 0.1) is 11.7 Å². The average molecular weight is 308 g/mol. The van der Waals surface area contributed by atoms with Crippen LogP contribution in [0, 0.1) is 0 Å². The molecule has 1 aliphatic carbocycles. The summed E-state index contributed by atoms with van der Waals surface area (Å²) in [6.45, 7) is 6.92. The first-order valence-corrected chi connectivity index (χ1v) is 9.63. The number of rotatable bonds is 4. The van der Waals surface area contributed by atoms with Gasteiger partial charge in [0.15, 0.2) is 0 Å². The van der Waals surface area contributed by atoms with E-state index in [1.54, 1.807) is 4.88 Å². The molecule has 1 fully saturated rings. The van der Waals surface area contributed by atoms with Crippen molar-refractivity contribution in [2.75, 3.05) is 26.2 Å². The van der Waals surface area contributed by atoms with E-state index < -0.39 is 0 Å². The Labute approximate surface area is 133 Å². The summed E-state index contributed by atoms with van der Waals surface area (Å²) in [6.07, 6.45) is 10.5. The van der Waals surface area contributed by atoms with Crippen LogP contribution >= 0.6 is 11.3 Å². The number of hydrogen-bond donors (Lipinski definition) is 1. The number of thiazole rings is 1. The highest BCUT2D eigenvalue weighted by molar-refractivity contribution is 7.11. The van der Waals surface area contributed by atoms with Crippen LogP contribution in [0.25, 0.3) is 0 Å². The summed E-state index contributed by atoms with van der Waals surface area (Å²) in [5, 5.41) is 4.88. The predicted octanol–water partition coefficient (Wildman–Crippen LogP) is 3.55. The van der Waals surface area contributed by atoms with Crippen molar-refractivity contribution >= 4 is 11.3 Å². The highest BCUT2D eigenvalue weighted by atomic mass is 32.1. The van der Waals surface area contributed by atoms with E-state index in [0.717, 1.165) is 13.1 Å². The molecule has 0 radical (unpaired) electrons. The lowest BCUT2D eigenvalue weighted by Gasteiger charge is -2.33. The van der Waals surface area contributed by atoms with Crippen molar-refractivity contribution < 1.29 is 0 Å². The Hall–Kier alpha value is -0.450. The summed E-state index contributed by atoms with van der Waals surface area (Å²) < 4.78 is 0.